The van der Waals surface area contributed by atoms with Crippen LogP contribution in [0.25, 0.3) is 34.4 Å². The highest BCUT2D eigenvalue weighted by atomic mass is 16.5. The summed E-state index contributed by atoms with van der Waals surface area (Å²) in [6, 6.07) is 15.0. The van der Waals surface area contributed by atoms with Crippen molar-refractivity contribution in [3.05, 3.63) is 65.7 Å². The lowest BCUT2D eigenvalue weighted by atomic mass is 10.2. The first-order chi connectivity index (χ1) is 16.6. The standard InChI is InChI=1S/C24H22N6O4/c1-14-21(24-26-22(28-34-24)16-9-5-7-11-19(16)31-3)27-29-30(14)13-18-15(2)33-23(25-18)17-10-6-8-12-20(17)32-4/h5-12H,13H2,1-4H3. The Morgan fingerprint density at radius 3 is 2.26 bits per heavy atom. The van der Waals surface area contributed by atoms with Crippen LogP contribution in [0.15, 0.2) is 57.5 Å². The van der Waals surface area contributed by atoms with Crippen LogP contribution >= 0.6 is 0 Å². The highest BCUT2D eigenvalue weighted by Gasteiger charge is 2.21. The lowest BCUT2D eigenvalue weighted by molar-refractivity contribution is 0.413. The molecule has 3 heterocycles. The molecule has 10 nitrogen and oxygen atoms in total. The molecule has 3 aromatic heterocycles. The molecule has 5 aromatic rings. The van der Waals surface area contributed by atoms with Crippen LogP contribution < -0.4 is 9.47 Å². The Balaban J connectivity index is 1.42. The van der Waals surface area contributed by atoms with Gasteiger partial charge in [0.15, 0.2) is 5.69 Å². The van der Waals surface area contributed by atoms with E-state index in [9.17, 15) is 0 Å². The van der Waals surface area contributed by atoms with E-state index in [0.717, 1.165) is 22.5 Å². The number of hydrogen-bond acceptors (Lipinski definition) is 9. The van der Waals surface area contributed by atoms with Crippen molar-refractivity contribution in [1.82, 2.24) is 30.1 Å². The Morgan fingerprint density at radius 1 is 0.853 bits per heavy atom. The molecule has 0 radical (unpaired) electrons. The zero-order valence-electron chi connectivity index (χ0n) is 19.1. The number of aryl methyl sites for hydroxylation is 1. The minimum absolute atomic E-state index is 0.274. The number of rotatable bonds is 7. The van der Waals surface area contributed by atoms with Crippen LogP contribution in [0.2, 0.25) is 0 Å². The molecule has 0 fully saturated rings. The van der Waals surface area contributed by atoms with E-state index in [4.69, 9.17) is 18.4 Å². The second-order valence-corrected chi connectivity index (χ2v) is 7.53. The van der Waals surface area contributed by atoms with Gasteiger partial charge in [-0.05, 0) is 38.1 Å². The van der Waals surface area contributed by atoms with Gasteiger partial charge in [0.25, 0.3) is 5.89 Å². The van der Waals surface area contributed by atoms with E-state index in [2.05, 4.69) is 25.4 Å². The van der Waals surface area contributed by atoms with E-state index < -0.39 is 0 Å². The van der Waals surface area contributed by atoms with E-state index in [-0.39, 0.29) is 5.89 Å². The lowest BCUT2D eigenvalue weighted by Gasteiger charge is -2.03. The zero-order valence-corrected chi connectivity index (χ0v) is 19.1. The summed E-state index contributed by atoms with van der Waals surface area (Å²) < 4.78 is 23.9. The summed E-state index contributed by atoms with van der Waals surface area (Å²) in [6.45, 7) is 4.13. The van der Waals surface area contributed by atoms with Crippen LogP contribution in [-0.4, -0.2) is 44.3 Å². The van der Waals surface area contributed by atoms with Crippen LogP contribution in [0.5, 0.6) is 11.5 Å². The van der Waals surface area contributed by atoms with Gasteiger partial charge in [0.1, 0.15) is 23.0 Å². The molecular weight excluding hydrogens is 436 g/mol. The Bertz CT molecular complexity index is 1450. The molecule has 0 amide bonds. The molecule has 0 saturated heterocycles. The van der Waals surface area contributed by atoms with Crippen molar-refractivity contribution in [3.63, 3.8) is 0 Å². The van der Waals surface area contributed by atoms with Crippen molar-refractivity contribution < 1.29 is 18.4 Å². The topological polar surface area (TPSA) is 114 Å². The van der Waals surface area contributed by atoms with Gasteiger partial charge in [-0.3, -0.25) is 0 Å². The van der Waals surface area contributed by atoms with Crippen molar-refractivity contribution >= 4 is 0 Å². The quantitative estimate of drug-likeness (QED) is 0.351. The second kappa shape index (κ2) is 8.81. The van der Waals surface area contributed by atoms with E-state index in [1.165, 1.54) is 0 Å². The van der Waals surface area contributed by atoms with E-state index >= 15 is 0 Å². The molecule has 0 bridgehead atoms. The molecule has 34 heavy (non-hydrogen) atoms. The molecule has 0 N–H and O–H groups in total. The average Bonchev–Trinajstić information content (AvgIpc) is 3.59. The third-order valence-corrected chi connectivity index (χ3v) is 5.49. The maximum Gasteiger partial charge on any atom is 0.280 e. The van der Waals surface area contributed by atoms with Gasteiger partial charge in [0, 0.05) is 0 Å². The molecule has 0 saturated carbocycles. The highest BCUT2D eigenvalue weighted by Crippen LogP contribution is 2.31. The summed E-state index contributed by atoms with van der Waals surface area (Å²) in [5.74, 6) is 3.21. The van der Waals surface area contributed by atoms with Crippen LogP contribution in [0.3, 0.4) is 0 Å². The van der Waals surface area contributed by atoms with Gasteiger partial charge in [0.2, 0.25) is 11.7 Å². The molecule has 5 rings (SSSR count). The Hall–Kier alpha value is -4.47. The van der Waals surface area contributed by atoms with Crippen molar-refractivity contribution in [2.24, 2.45) is 0 Å². The lowest BCUT2D eigenvalue weighted by Crippen LogP contribution is -2.05. The number of ether oxygens (including phenoxy) is 2. The molecule has 0 aliphatic heterocycles. The molecule has 0 unspecified atom stereocenters. The summed E-state index contributed by atoms with van der Waals surface area (Å²) in [7, 11) is 3.22. The molecule has 0 aliphatic rings. The smallest absolute Gasteiger partial charge is 0.280 e. The maximum atomic E-state index is 5.92. The van der Waals surface area contributed by atoms with Crippen molar-refractivity contribution in [2.75, 3.05) is 14.2 Å². The fraction of sp³-hybridized carbons (Fsp3) is 0.208. The number of hydrogen-bond donors (Lipinski definition) is 0. The van der Waals surface area contributed by atoms with Crippen molar-refractivity contribution in [1.29, 1.82) is 0 Å². The number of benzene rings is 2. The Morgan fingerprint density at radius 2 is 1.53 bits per heavy atom. The van der Waals surface area contributed by atoms with Gasteiger partial charge in [-0.15, -0.1) is 5.10 Å². The van der Waals surface area contributed by atoms with E-state index in [1.54, 1.807) is 18.9 Å². The van der Waals surface area contributed by atoms with Crippen LogP contribution in [0.1, 0.15) is 17.1 Å². The molecule has 0 aliphatic carbocycles. The van der Waals surface area contributed by atoms with Gasteiger partial charge >= 0.3 is 0 Å². The zero-order chi connectivity index (χ0) is 23.7. The minimum Gasteiger partial charge on any atom is -0.496 e. The van der Waals surface area contributed by atoms with E-state index in [0.29, 0.717) is 41.2 Å². The first kappa shape index (κ1) is 21.4. The number of aromatic nitrogens is 6. The normalized spacial score (nSPS) is 11.1. The first-order valence-corrected chi connectivity index (χ1v) is 10.6. The maximum absolute atomic E-state index is 5.92. The van der Waals surface area contributed by atoms with Crippen LogP contribution in [-0.2, 0) is 6.54 Å². The van der Waals surface area contributed by atoms with Gasteiger partial charge in [-0.1, -0.05) is 34.6 Å². The number of methoxy groups -OCH3 is 2. The average molecular weight is 458 g/mol. The summed E-state index contributed by atoms with van der Waals surface area (Å²) in [5, 5.41) is 12.6. The predicted octanol–water partition coefficient (Wildman–Crippen LogP) is 4.33. The second-order valence-electron chi connectivity index (χ2n) is 7.53. The highest BCUT2D eigenvalue weighted by molar-refractivity contribution is 5.65. The van der Waals surface area contributed by atoms with Crippen LogP contribution in [0, 0.1) is 13.8 Å². The number of nitrogens with zero attached hydrogens (tertiary/aromatic N) is 6. The van der Waals surface area contributed by atoms with E-state index in [1.807, 2.05) is 62.4 Å². The SMILES string of the molecule is COc1ccccc1-c1noc(-c2nnn(Cc3nc(-c4ccccc4OC)oc3C)c2C)n1. The summed E-state index contributed by atoms with van der Waals surface area (Å²) in [5.41, 5.74) is 3.51. The Kier molecular flexibility index (Phi) is 5.54. The number of oxazole rings is 1. The summed E-state index contributed by atoms with van der Waals surface area (Å²) in [4.78, 5) is 9.17. The molecule has 2 aromatic carbocycles. The van der Waals surface area contributed by atoms with Crippen LogP contribution in [0.4, 0.5) is 0 Å². The van der Waals surface area contributed by atoms with Gasteiger partial charge < -0.3 is 18.4 Å². The third-order valence-electron chi connectivity index (χ3n) is 5.49. The van der Waals surface area contributed by atoms with Gasteiger partial charge in [-0.2, -0.15) is 4.98 Å². The molecule has 0 spiro atoms. The van der Waals surface area contributed by atoms with Crippen molar-refractivity contribution in [2.45, 2.75) is 20.4 Å². The largest absolute Gasteiger partial charge is 0.496 e. The monoisotopic (exact) mass is 458 g/mol. The first-order valence-electron chi connectivity index (χ1n) is 10.6. The van der Waals surface area contributed by atoms with Gasteiger partial charge in [-0.25, -0.2) is 9.67 Å². The third kappa shape index (κ3) is 3.79. The van der Waals surface area contributed by atoms with Crippen molar-refractivity contribution in [3.8, 4) is 45.9 Å². The predicted molar refractivity (Wildman–Crippen MR) is 122 cm³/mol. The molecule has 10 heteroatoms. The molecule has 0 atom stereocenters. The van der Waals surface area contributed by atoms with Gasteiger partial charge in [0.05, 0.1) is 37.6 Å². The fourth-order valence-electron chi connectivity index (χ4n) is 3.62. The number of para-hydroxylation sites is 2. The molecule has 172 valence electrons. The summed E-state index contributed by atoms with van der Waals surface area (Å²) in [6.07, 6.45) is 0. The minimum atomic E-state index is 0.274. The Labute approximate surface area is 195 Å². The fourth-order valence-corrected chi connectivity index (χ4v) is 3.62. The molecular formula is C24H22N6O4. The summed E-state index contributed by atoms with van der Waals surface area (Å²) >= 11 is 0.